The second kappa shape index (κ2) is 4.94. The Labute approximate surface area is 95.5 Å². The number of nitrogens with two attached hydrogens (primary N) is 1. The van der Waals surface area contributed by atoms with E-state index < -0.39 is 0 Å². The van der Waals surface area contributed by atoms with Crippen molar-refractivity contribution in [2.75, 3.05) is 13.7 Å². The van der Waals surface area contributed by atoms with Gasteiger partial charge in [-0.15, -0.1) is 0 Å². The van der Waals surface area contributed by atoms with Crippen LogP contribution in [0.5, 0.6) is 5.75 Å². The molecule has 0 aliphatic carbocycles. The normalized spacial score (nSPS) is 10.6. The minimum Gasteiger partial charge on any atom is -0.497 e. The summed E-state index contributed by atoms with van der Waals surface area (Å²) in [4.78, 5) is 0. The van der Waals surface area contributed by atoms with Crippen molar-refractivity contribution in [3.63, 3.8) is 0 Å². The highest BCUT2D eigenvalue weighted by Crippen LogP contribution is 2.17. The van der Waals surface area contributed by atoms with Gasteiger partial charge in [-0.25, -0.2) is 0 Å². The first-order chi connectivity index (χ1) is 7.85. The predicted octanol–water partition coefficient (Wildman–Crippen LogP) is 1.48. The van der Waals surface area contributed by atoms with Gasteiger partial charge in [0.05, 0.1) is 12.5 Å². The predicted molar refractivity (Wildman–Crippen MR) is 64.4 cm³/mol. The number of aromatic nitrogens is 1. The highest BCUT2D eigenvalue weighted by molar-refractivity contribution is 5.77. The van der Waals surface area contributed by atoms with Gasteiger partial charge in [0.2, 0.25) is 5.52 Å². The molecule has 3 nitrogen and oxygen atoms in total. The molecule has 0 saturated carbocycles. The fraction of sp³-hybridized carbons (Fsp3) is 0.308. The third kappa shape index (κ3) is 2.14. The summed E-state index contributed by atoms with van der Waals surface area (Å²) in [5, 5.41) is 1.19. The number of pyridine rings is 1. The van der Waals surface area contributed by atoms with Gasteiger partial charge in [0.15, 0.2) is 6.20 Å². The van der Waals surface area contributed by atoms with E-state index in [0.717, 1.165) is 25.3 Å². The first-order valence-electron chi connectivity index (χ1n) is 5.51. The molecule has 1 aromatic carbocycles. The minimum absolute atomic E-state index is 0.722. The molecule has 0 aliphatic heterocycles. The molecule has 0 spiro atoms. The molecule has 0 atom stereocenters. The Hall–Kier alpha value is -1.61. The van der Waals surface area contributed by atoms with Gasteiger partial charge in [-0.1, -0.05) is 0 Å². The number of nitrogens with zero attached hydrogens (tertiary/aromatic N) is 1. The zero-order valence-corrected chi connectivity index (χ0v) is 9.52. The number of hydrogen-bond acceptors (Lipinski definition) is 2. The monoisotopic (exact) mass is 217 g/mol. The number of aryl methyl sites for hydroxylation is 1. The molecule has 2 aromatic rings. The van der Waals surface area contributed by atoms with Gasteiger partial charge < -0.3 is 10.5 Å². The summed E-state index contributed by atoms with van der Waals surface area (Å²) in [5.74, 6) is 0.893. The molecule has 0 aliphatic rings. The van der Waals surface area contributed by atoms with Gasteiger partial charge in [-0.05, 0) is 24.7 Å². The fourth-order valence-corrected chi connectivity index (χ4v) is 1.84. The Morgan fingerprint density at radius 2 is 2.19 bits per heavy atom. The van der Waals surface area contributed by atoms with Crippen LogP contribution in [0.15, 0.2) is 36.5 Å². The average Bonchev–Trinajstić information content (AvgIpc) is 2.35. The molecule has 0 fully saturated rings. The summed E-state index contributed by atoms with van der Waals surface area (Å²) in [6, 6.07) is 10.3. The second-order valence-electron chi connectivity index (χ2n) is 3.77. The molecule has 16 heavy (non-hydrogen) atoms. The van der Waals surface area contributed by atoms with Crippen molar-refractivity contribution < 1.29 is 9.30 Å². The van der Waals surface area contributed by atoms with Crippen LogP contribution in [-0.2, 0) is 6.54 Å². The van der Waals surface area contributed by atoms with E-state index in [0.29, 0.717) is 0 Å². The maximum atomic E-state index is 5.53. The lowest BCUT2D eigenvalue weighted by molar-refractivity contribution is -0.671. The first-order valence-corrected chi connectivity index (χ1v) is 5.51. The van der Waals surface area contributed by atoms with Crippen molar-refractivity contribution in [1.82, 2.24) is 0 Å². The lowest BCUT2D eigenvalue weighted by Crippen LogP contribution is -2.35. The Morgan fingerprint density at radius 1 is 1.31 bits per heavy atom. The van der Waals surface area contributed by atoms with Crippen LogP contribution in [-0.4, -0.2) is 13.7 Å². The standard InChI is InChI=1S/C13H17N2O/c1-16-12-5-6-13-11(10-12)4-2-8-15(13)9-3-7-14/h2,4-6,8,10H,3,7,9,14H2,1H3/q+1. The first kappa shape index (κ1) is 10.9. The van der Waals surface area contributed by atoms with Gasteiger partial charge in [0.25, 0.3) is 0 Å². The quantitative estimate of drug-likeness (QED) is 0.788. The van der Waals surface area contributed by atoms with Crippen LogP contribution in [0, 0.1) is 0 Å². The Kier molecular flexibility index (Phi) is 3.37. The van der Waals surface area contributed by atoms with E-state index in [1.54, 1.807) is 7.11 Å². The van der Waals surface area contributed by atoms with Crippen molar-refractivity contribution >= 4 is 10.9 Å². The third-order valence-corrected chi connectivity index (χ3v) is 2.69. The third-order valence-electron chi connectivity index (χ3n) is 2.69. The van der Waals surface area contributed by atoms with Crippen LogP contribution < -0.4 is 15.0 Å². The molecular weight excluding hydrogens is 200 g/mol. The van der Waals surface area contributed by atoms with Gasteiger partial charge in [0, 0.05) is 18.6 Å². The molecule has 1 aromatic heterocycles. The molecule has 0 radical (unpaired) electrons. The van der Waals surface area contributed by atoms with Crippen LogP contribution in [0.4, 0.5) is 0 Å². The smallest absolute Gasteiger partial charge is 0.212 e. The summed E-state index contributed by atoms with van der Waals surface area (Å²) in [7, 11) is 1.69. The zero-order chi connectivity index (χ0) is 11.4. The van der Waals surface area contributed by atoms with E-state index in [4.69, 9.17) is 10.5 Å². The van der Waals surface area contributed by atoms with Gasteiger partial charge in [0.1, 0.15) is 12.3 Å². The van der Waals surface area contributed by atoms with E-state index >= 15 is 0 Å². The van der Waals surface area contributed by atoms with Crippen LogP contribution in [0.25, 0.3) is 10.9 Å². The average molecular weight is 217 g/mol. The number of ether oxygens (including phenoxy) is 1. The molecule has 84 valence electrons. The Balaban J connectivity index is 2.43. The molecular formula is C13H17N2O+. The number of fused-ring (bicyclic) bond motifs is 1. The van der Waals surface area contributed by atoms with Gasteiger partial charge in [-0.3, -0.25) is 0 Å². The van der Waals surface area contributed by atoms with Crippen molar-refractivity contribution in [2.24, 2.45) is 5.73 Å². The Bertz CT molecular complexity index is 482. The summed E-state index contributed by atoms with van der Waals surface area (Å²) in [6.07, 6.45) is 3.08. The number of benzene rings is 1. The molecule has 0 bridgehead atoms. The second-order valence-corrected chi connectivity index (χ2v) is 3.77. The summed E-state index contributed by atoms with van der Waals surface area (Å²) in [6.45, 7) is 1.68. The Morgan fingerprint density at radius 3 is 2.94 bits per heavy atom. The van der Waals surface area contributed by atoms with Crippen molar-refractivity contribution in [1.29, 1.82) is 0 Å². The molecule has 0 saturated heterocycles. The molecule has 0 amide bonds. The molecule has 3 heteroatoms. The van der Waals surface area contributed by atoms with Crippen LogP contribution in [0.3, 0.4) is 0 Å². The van der Waals surface area contributed by atoms with E-state index in [9.17, 15) is 0 Å². The summed E-state index contributed by atoms with van der Waals surface area (Å²) in [5.41, 5.74) is 6.75. The van der Waals surface area contributed by atoms with E-state index in [2.05, 4.69) is 29.0 Å². The fourth-order valence-electron chi connectivity index (χ4n) is 1.84. The molecule has 0 unspecified atom stereocenters. The van der Waals surface area contributed by atoms with Crippen LogP contribution >= 0.6 is 0 Å². The lowest BCUT2D eigenvalue weighted by Gasteiger charge is -2.03. The highest BCUT2D eigenvalue weighted by Gasteiger charge is 2.07. The van der Waals surface area contributed by atoms with E-state index in [1.807, 2.05) is 12.1 Å². The molecule has 1 heterocycles. The largest absolute Gasteiger partial charge is 0.497 e. The molecule has 2 rings (SSSR count). The molecule has 2 N–H and O–H groups in total. The maximum absolute atomic E-state index is 5.53. The minimum atomic E-state index is 0.722. The zero-order valence-electron chi connectivity index (χ0n) is 9.52. The lowest BCUT2D eigenvalue weighted by atomic mass is 10.2. The van der Waals surface area contributed by atoms with Gasteiger partial charge >= 0.3 is 0 Å². The number of methoxy groups -OCH3 is 1. The van der Waals surface area contributed by atoms with Crippen molar-refractivity contribution in [2.45, 2.75) is 13.0 Å². The summed E-state index contributed by atoms with van der Waals surface area (Å²) >= 11 is 0. The van der Waals surface area contributed by atoms with Crippen LogP contribution in [0.2, 0.25) is 0 Å². The van der Waals surface area contributed by atoms with Crippen molar-refractivity contribution in [3.05, 3.63) is 36.5 Å². The topological polar surface area (TPSA) is 39.1 Å². The SMILES string of the molecule is COc1ccc2c(ccc[n+]2CCCN)c1. The summed E-state index contributed by atoms with van der Waals surface area (Å²) < 4.78 is 7.44. The maximum Gasteiger partial charge on any atom is 0.212 e. The number of rotatable bonds is 4. The van der Waals surface area contributed by atoms with Gasteiger partial charge in [-0.2, -0.15) is 4.57 Å². The highest BCUT2D eigenvalue weighted by atomic mass is 16.5. The number of hydrogen-bond donors (Lipinski definition) is 1. The van der Waals surface area contributed by atoms with E-state index in [-0.39, 0.29) is 0 Å². The van der Waals surface area contributed by atoms with Crippen LogP contribution in [0.1, 0.15) is 6.42 Å². The van der Waals surface area contributed by atoms with E-state index in [1.165, 1.54) is 10.9 Å². The van der Waals surface area contributed by atoms with Crippen molar-refractivity contribution in [3.8, 4) is 5.75 Å².